The van der Waals surface area contributed by atoms with Crippen molar-refractivity contribution < 1.29 is 35.8 Å². The minimum absolute atomic E-state index is 0.0603. The van der Waals surface area contributed by atoms with Gasteiger partial charge in [0.05, 0.1) is 11.1 Å². The van der Waals surface area contributed by atoms with Crippen LogP contribution >= 0.6 is 12.2 Å². The predicted octanol–water partition coefficient (Wildman–Crippen LogP) is 6.17. The summed E-state index contributed by atoms with van der Waals surface area (Å²) in [4.78, 5) is 4.61. The van der Waals surface area contributed by atoms with Gasteiger partial charge in [0.1, 0.15) is 0 Å². The van der Waals surface area contributed by atoms with Crippen molar-refractivity contribution >= 4 is 23.0 Å². The molecule has 2 heterocycles. The molecule has 230 valence electrons. The molecule has 6 nitrogen and oxygen atoms in total. The Morgan fingerprint density at radius 2 is 1.40 bits per heavy atom. The second-order valence-electron chi connectivity index (χ2n) is 10.5. The summed E-state index contributed by atoms with van der Waals surface area (Å²) >= 11 is 5.36. The highest BCUT2D eigenvalue weighted by atomic mass is 32.1. The number of rotatable bonds is 8. The maximum Gasteiger partial charge on any atom is 0.416 e. The third kappa shape index (κ3) is 8.52. The van der Waals surface area contributed by atoms with Gasteiger partial charge in [-0.15, -0.1) is 0 Å². The quantitative estimate of drug-likeness (QED) is 0.230. The van der Waals surface area contributed by atoms with Crippen molar-refractivity contribution in [3.05, 3.63) is 89.0 Å². The van der Waals surface area contributed by atoms with Gasteiger partial charge >= 0.3 is 12.4 Å². The molecule has 0 spiro atoms. The Balaban J connectivity index is 1.22. The van der Waals surface area contributed by atoms with E-state index in [0.717, 1.165) is 55.3 Å². The SMILES string of the molecule is FC(F)(F)c1cc(NC(=S)N[C@@H](Cc2ccccc2)CN2CCN(Cc3ccc4c(c3)OCO4)CC2)cc(C(F)(F)F)c1. The highest BCUT2D eigenvalue weighted by Gasteiger charge is 2.37. The normalized spacial score (nSPS) is 16.6. The van der Waals surface area contributed by atoms with E-state index in [1.807, 2.05) is 48.5 Å². The van der Waals surface area contributed by atoms with Gasteiger partial charge in [-0.05, 0) is 60.1 Å². The Kier molecular flexibility index (Phi) is 9.33. The number of benzene rings is 3. The van der Waals surface area contributed by atoms with Crippen molar-refractivity contribution in [3.8, 4) is 11.5 Å². The summed E-state index contributed by atoms with van der Waals surface area (Å²) < 4.78 is 90.8. The molecule has 0 aromatic heterocycles. The number of nitrogens with one attached hydrogen (secondary N) is 2. The Bertz CT molecular complexity index is 1380. The van der Waals surface area contributed by atoms with Gasteiger partial charge in [0.15, 0.2) is 16.6 Å². The molecule has 0 amide bonds. The predicted molar refractivity (Wildman–Crippen MR) is 154 cm³/mol. The first-order chi connectivity index (χ1) is 20.4. The fraction of sp³-hybridized carbons (Fsp3) is 0.367. The van der Waals surface area contributed by atoms with Gasteiger partial charge in [0.25, 0.3) is 0 Å². The molecule has 2 N–H and O–H groups in total. The van der Waals surface area contributed by atoms with E-state index < -0.39 is 29.2 Å². The van der Waals surface area contributed by atoms with Crippen LogP contribution in [0.15, 0.2) is 66.7 Å². The molecule has 0 bridgehead atoms. The molecule has 3 aromatic rings. The third-order valence-electron chi connectivity index (χ3n) is 7.29. The molecule has 43 heavy (non-hydrogen) atoms. The summed E-state index contributed by atoms with van der Waals surface area (Å²) in [6.45, 7) is 4.76. The molecule has 1 saturated heterocycles. The van der Waals surface area contributed by atoms with E-state index in [0.29, 0.717) is 25.1 Å². The van der Waals surface area contributed by atoms with Crippen molar-refractivity contribution in [2.24, 2.45) is 0 Å². The van der Waals surface area contributed by atoms with Crippen LogP contribution in [-0.2, 0) is 25.3 Å². The van der Waals surface area contributed by atoms with Crippen LogP contribution in [0.25, 0.3) is 0 Å². The first kappa shape index (κ1) is 30.9. The Morgan fingerprint density at radius 3 is 2.05 bits per heavy atom. The number of nitrogens with zero attached hydrogens (tertiary/aromatic N) is 2. The fourth-order valence-electron chi connectivity index (χ4n) is 5.18. The molecular formula is C30H30F6N4O2S. The summed E-state index contributed by atoms with van der Waals surface area (Å²) in [5.74, 6) is 1.49. The molecule has 3 aromatic carbocycles. The van der Waals surface area contributed by atoms with Gasteiger partial charge in [0, 0.05) is 51.0 Å². The van der Waals surface area contributed by atoms with Crippen molar-refractivity contribution in [2.75, 3.05) is 44.8 Å². The first-order valence-corrected chi connectivity index (χ1v) is 14.1. The maximum absolute atomic E-state index is 13.3. The minimum atomic E-state index is -4.95. The molecule has 0 radical (unpaired) electrons. The number of piperazine rings is 1. The summed E-state index contributed by atoms with van der Waals surface area (Å²) in [6.07, 6.45) is -9.35. The monoisotopic (exact) mass is 624 g/mol. The number of hydrogen-bond acceptors (Lipinski definition) is 5. The minimum Gasteiger partial charge on any atom is -0.454 e. The Morgan fingerprint density at radius 1 is 0.767 bits per heavy atom. The van der Waals surface area contributed by atoms with Crippen LogP contribution in [-0.4, -0.2) is 60.5 Å². The second-order valence-corrected chi connectivity index (χ2v) is 11.0. The molecule has 2 aliphatic heterocycles. The number of halogens is 6. The van der Waals surface area contributed by atoms with Gasteiger partial charge < -0.3 is 20.1 Å². The highest BCUT2D eigenvalue weighted by molar-refractivity contribution is 7.80. The van der Waals surface area contributed by atoms with Crippen LogP contribution in [0.5, 0.6) is 11.5 Å². The van der Waals surface area contributed by atoms with E-state index in [2.05, 4.69) is 20.4 Å². The molecule has 0 saturated carbocycles. The van der Waals surface area contributed by atoms with Crippen LogP contribution in [0.4, 0.5) is 32.0 Å². The third-order valence-corrected chi connectivity index (χ3v) is 7.51. The van der Waals surface area contributed by atoms with Crippen molar-refractivity contribution in [1.82, 2.24) is 15.1 Å². The molecule has 0 unspecified atom stereocenters. The van der Waals surface area contributed by atoms with Crippen LogP contribution in [0.2, 0.25) is 0 Å². The zero-order valence-electron chi connectivity index (χ0n) is 23.0. The smallest absolute Gasteiger partial charge is 0.416 e. The number of hydrogen-bond donors (Lipinski definition) is 2. The lowest BCUT2D eigenvalue weighted by Crippen LogP contribution is -2.52. The molecule has 5 rings (SSSR count). The Hall–Kier alpha value is -3.55. The van der Waals surface area contributed by atoms with E-state index in [1.54, 1.807) is 0 Å². The first-order valence-electron chi connectivity index (χ1n) is 13.7. The summed E-state index contributed by atoms with van der Waals surface area (Å²) in [6, 6.07) is 16.6. The summed E-state index contributed by atoms with van der Waals surface area (Å²) in [5.41, 5.74) is -1.07. The van der Waals surface area contributed by atoms with Crippen LogP contribution in [0.3, 0.4) is 0 Å². The van der Waals surface area contributed by atoms with Crippen molar-refractivity contribution in [2.45, 2.75) is 31.4 Å². The van der Waals surface area contributed by atoms with Crippen molar-refractivity contribution in [3.63, 3.8) is 0 Å². The Labute approximate surface area is 250 Å². The summed E-state index contributed by atoms with van der Waals surface area (Å²) in [7, 11) is 0. The lowest BCUT2D eigenvalue weighted by atomic mass is 10.0. The number of thiocarbonyl (C=S) groups is 1. The molecule has 1 atom stereocenters. The van der Waals surface area contributed by atoms with Crippen LogP contribution in [0, 0.1) is 0 Å². The van der Waals surface area contributed by atoms with E-state index in [4.69, 9.17) is 21.7 Å². The highest BCUT2D eigenvalue weighted by Crippen LogP contribution is 2.37. The van der Waals surface area contributed by atoms with Gasteiger partial charge in [-0.3, -0.25) is 9.80 Å². The second kappa shape index (κ2) is 13.0. The van der Waals surface area contributed by atoms with Crippen molar-refractivity contribution in [1.29, 1.82) is 0 Å². The zero-order chi connectivity index (χ0) is 30.6. The van der Waals surface area contributed by atoms with E-state index in [1.165, 1.54) is 0 Å². The number of anilines is 1. The van der Waals surface area contributed by atoms with Gasteiger partial charge in [-0.25, -0.2) is 0 Å². The number of ether oxygens (including phenoxy) is 2. The number of alkyl halides is 6. The molecule has 2 aliphatic rings. The van der Waals surface area contributed by atoms with Crippen LogP contribution < -0.4 is 20.1 Å². The average Bonchev–Trinajstić information content (AvgIpc) is 3.41. The van der Waals surface area contributed by atoms with Crippen LogP contribution in [0.1, 0.15) is 22.3 Å². The topological polar surface area (TPSA) is 49.0 Å². The van der Waals surface area contributed by atoms with E-state index >= 15 is 0 Å². The maximum atomic E-state index is 13.3. The number of fused-ring (bicyclic) bond motifs is 1. The lowest BCUT2D eigenvalue weighted by Gasteiger charge is -2.37. The van der Waals surface area contributed by atoms with Gasteiger partial charge in [-0.1, -0.05) is 36.4 Å². The standard InChI is InChI=1S/C30H30F6N4O2S/c31-29(32,33)22-14-23(30(34,35)36)16-24(15-22)37-28(43)38-25(12-20-4-2-1-3-5-20)18-40-10-8-39(9-11-40)17-21-6-7-26-27(13-21)42-19-41-26/h1-7,13-16,25H,8-12,17-19H2,(H2,37,38,43)/t25-/m0/s1. The molecular weight excluding hydrogens is 594 g/mol. The van der Waals surface area contributed by atoms with E-state index in [-0.39, 0.29) is 24.0 Å². The average molecular weight is 625 g/mol. The summed E-state index contributed by atoms with van der Waals surface area (Å²) in [5, 5.41) is 5.62. The fourth-order valence-corrected chi connectivity index (χ4v) is 5.46. The molecule has 1 fully saturated rings. The molecule has 13 heteroatoms. The zero-order valence-corrected chi connectivity index (χ0v) is 23.8. The van der Waals surface area contributed by atoms with Gasteiger partial charge in [-0.2, -0.15) is 26.3 Å². The lowest BCUT2D eigenvalue weighted by molar-refractivity contribution is -0.143. The van der Waals surface area contributed by atoms with E-state index in [9.17, 15) is 26.3 Å². The largest absolute Gasteiger partial charge is 0.454 e. The van der Waals surface area contributed by atoms with Gasteiger partial charge in [0.2, 0.25) is 6.79 Å². The molecule has 0 aliphatic carbocycles.